The van der Waals surface area contributed by atoms with Gasteiger partial charge >= 0.3 is 23.9 Å². The minimum atomic E-state index is -1.92. The highest BCUT2D eigenvalue weighted by Crippen LogP contribution is 2.26. The molecule has 3 N–H and O–H groups in total. The first kappa shape index (κ1) is 72.4. The lowest BCUT2D eigenvalue weighted by molar-refractivity contribution is -0.301. The third-order valence-corrected chi connectivity index (χ3v) is 13.3. The molecule has 1 fully saturated rings. The Balaban J connectivity index is 2.74. The van der Waals surface area contributed by atoms with Crippen molar-refractivity contribution in [3.63, 3.8) is 0 Å². The van der Waals surface area contributed by atoms with E-state index in [1.54, 1.807) is 0 Å². The van der Waals surface area contributed by atoms with Crippen LogP contribution in [0, 0.1) is 0 Å². The van der Waals surface area contributed by atoms with Crippen LogP contribution >= 0.6 is 0 Å². The van der Waals surface area contributed by atoms with E-state index in [1.165, 1.54) is 38.5 Å². The number of hydrogen-bond donors (Lipinski definition) is 3. The molecule has 0 radical (unpaired) electrons. The van der Waals surface area contributed by atoms with E-state index in [9.17, 15) is 34.5 Å². The third-order valence-electron chi connectivity index (χ3n) is 13.3. The fourth-order valence-electron chi connectivity index (χ4n) is 8.58. The Morgan fingerprint density at radius 3 is 1.25 bits per heavy atom. The highest BCUT2D eigenvalue weighted by Gasteiger charge is 2.50. The smallest absolute Gasteiger partial charge is 0.335 e. The van der Waals surface area contributed by atoms with Crippen LogP contribution in [0.3, 0.4) is 0 Å². The maximum absolute atomic E-state index is 13.2. The molecule has 0 aromatic heterocycles. The fraction of sp³-hybridized carbons (Fsp3) is 0.672. The van der Waals surface area contributed by atoms with Gasteiger partial charge in [0.05, 0.1) is 6.61 Å². The zero-order chi connectivity index (χ0) is 57.5. The van der Waals surface area contributed by atoms with Crippen LogP contribution in [0.15, 0.2) is 109 Å². The molecule has 12 nitrogen and oxygen atoms in total. The van der Waals surface area contributed by atoms with Crippen molar-refractivity contribution in [2.45, 2.75) is 276 Å². The van der Waals surface area contributed by atoms with Gasteiger partial charge in [0.15, 0.2) is 24.6 Å². The molecule has 1 heterocycles. The molecule has 0 aliphatic carbocycles. The van der Waals surface area contributed by atoms with Gasteiger partial charge in [0, 0.05) is 19.3 Å². The topological polar surface area (TPSA) is 175 Å². The van der Waals surface area contributed by atoms with Gasteiger partial charge < -0.3 is 39.0 Å². The van der Waals surface area contributed by atoms with Crippen LogP contribution in [0.25, 0.3) is 0 Å². The maximum atomic E-state index is 13.2. The predicted molar refractivity (Wildman–Crippen MR) is 321 cm³/mol. The molecule has 0 aromatic rings. The molecule has 12 heteroatoms. The van der Waals surface area contributed by atoms with E-state index in [1.807, 2.05) is 6.08 Å². The Kier molecular flexibility index (Phi) is 49.5. The number of unbranched alkanes of at least 4 members (excludes halogenated alkanes) is 19. The van der Waals surface area contributed by atoms with Crippen molar-refractivity contribution in [1.29, 1.82) is 0 Å². The number of carboxylic acids is 1. The number of carbonyl (C=O) groups is 4. The molecule has 1 saturated heterocycles. The first-order chi connectivity index (χ1) is 38.6. The van der Waals surface area contributed by atoms with E-state index < -0.39 is 67.3 Å². The summed E-state index contributed by atoms with van der Waals surface area (Å²) in [6.45, 7) is 5.77. The molecule has 448 valence electrons. The number of carboxylic acid groups (broad SMARTS) is 1. The number of esters is 3. The normalized spacial score (nSPS) is 18.6. The lowest BCUT2D eigenvalue weighted by atomic mass is 9.98. The molecular formula is C67H108O12. The summed E-state index contributed by atoms with van der Waals surface area (Å²) in [5, 5.41) is 31.5. The van der Waals surface area contributed by atoms with Gasteiger partial charge in [-0.3, -0.25) is 14.4 Å². The minimum absolute atomic E-state index is 0.0331. The molecule has 0 saturated carbocycles. The van der Waals surface area contributed by atoms with Gasteiger partial charge in [0.1, 0.15) is 18.8 Å². The number of aliphatic carboxylic acids is 1. The summed E-state index contributed by atoms with van der Waals surface area (Å²) < 4.78 is 28.4. The number of allylic oxidation sites excluding steroid dienone is 18. The number of ether oxygens (including phenoxy) is 5. The maximum Gasteiger partial charge on any atom is 0.335 e. The molecule has 1 aliphatic heterocycles. The Hall–Kier alpha value is -4.62. The monoisotopic (exact) mass is 1100 g/mol. The Morgan fingerprint density at radius 1 is 0.430 bits per heavy atom. The Labute approximate surface area is 478 Å². The van der Waals surface area contributed by atoms with E-state index in [4.69, 9.17) is 23.7 Å². The Bertz CT molecular complexity index is 1790. The average Bonchev–Trinajstić information content (AvgIpc) is 3.46. The lowest BCUT2D eigenvalue weighted by Gasteiger charge is -2.40. The van der Waals surface area contributed by atoms with Crippen molar-refractivity contribution in [1.82, 2.24) is 0 Å². The van der Waals surface area contributed by atoms with Crippen LogP contribution in [0.4, 0.5) is 0 Å². The quantitative estimate of drug-likeness (QED) is 0.0228. The fourth-order valence-corrected chi connectivity index (χ4v) is 8.58. The number of carbonyl (C=O) groups excluding carboxylic acids is 3. The summed E-state index contributed by atoms with van der Waals surface area (Å²) in [6.07, 6.45) is 60.5. The summed E-state index contributed by atoms with van der Waals surface area (Å²) >= 11 is 0. The second-order valence-corrected chi connectivity index (χ2v) is 20.6. The molecular weight excluding hydrogens is 997 g/mol. The molecule has 1 rings (SSSR count). The molecule has 0 aromatic carbocycles. The molecule has 6 unspecified atom stereocenters. The van der Waals surface area contributed by atoms with Crippen molar-refractivity contribution in [2.24, 2.45) is 0 Å². The van der Waals surface area contributed by atoms with Crippen molar-refractivity contribution in [2.75, 3.05) is 13.2 Å². The zero-order valence-electron chi connectivity index (χ0n) is 49.3. The zero-order valence-corrected chi connectivity index (χ0v) is 49.3. The van der Waals surface area contributed by atoms with Crippen molar-refractivity contribution in [3.05, 3.63) is 109 Å². The summed E-state index contributed by atoms with van der Waals surface area (Å²) in [7, 11) is 0. The first-order valence-electron chi connectivity index (χ1n) is 30.9. The van der Waals surface area contributed by atoms with Gasteiger partial charge in [0.25, 0.3) is 0 Å². The van der Waals surface area contributed by atoms with Crippen LogP contribution in [0.2, 0.25) is 0 Å². The third kappa shape index (κ3) is 43.8. The second-order valence-electron chi connectivity index (χ2n) is 20.6. The van der Waals surface area contributed by atoms with Gasteiger partial charge in [-0.2, -0.15) is 0 Å². The highest BCUT2D eigenvalue weighted by molar-refractivity contribution is 5.74. The van der Waals surface area contributed by atoms with Crippen molar-refractivity contribution in [3.8, 4) is 0 Å². The van der Waals surface area contributed by atoms with E-state index in [0.29, 0.717) is 25.7 Å². The summed E-state index contributed by atoms with van der Waals surface area (Å²) in [5.41, 5.74) is 0. The van der Waals surface area contributed by atoms with Crippen LogP contribution in [0.5, 0.6) is 0 Å². The first-order valence-corrected chi connectivity index (χ1v) is 30.9. The van der Waals surface area contributed by atoms with Gasteiger partial charge in [-0.1, -0.05) is 207 Å². The molecule has 0 amide bonds. The second kappa shape index (κ2) is 54.0. The summed E-state index contributed by atoms with van der Waals surface area (Å²) in [5.74, 6) is -3.23. The average molecular weight is 1110 g/mol. The number of hydrogen-bond acceptors (Lipinski definition) is 11. The number of aliphatic hydroxyl groups is 2. The van der Waals surface area contributed by atoms with Crippen LogP contribution in [-0.2, 0) is 42.9 Å². The van der Waals surface area contributed by atoms with Gasteiger partial charge in [0.2, 0.25) is 0 Å². The van der Waals surface area contributed by atoms with Gasteiger partial charge in [-0.25, -0.2) is 4.79 Å². The van der Waals surface area contributed by atoms with Crippen LogP contribution < -0.4 is 0 Å². The molecule has 79 heavy (non-hydrogen) atoms. The van der Waals surface area contributed by atoms with Crippen LogP contribution in [-0.4, -0.2) is 89.2 Å². The van der Waals surface area contributed by atoms with Gasteiger partial charge in [-0.05, 0) is 122 Å². The largest absolute Gasteiger partial charge is 0.479 e. The molecule has 1 aliphatic rings. The molecule has 6 atom stereocenters. The standard InChI is InChI=1S/C67H108O12/c1-4-7-10-13-16-19-22-25-28-30-33-35-38-41-44-47-50-53-59(68)75-56-58(77-60(69)54-51-48-45-42-39-37-34-31-29-26-23-20-17-14-11-8-5-2)57-76-67-65(63(72)62(71)64(79-67)66(73)74)78-61(70)55-52-49-46-43-40-36-32-27-24-21-18-15-12-9-6-3/h7,10,16-21,25-29,32-33,35,41,44,58,62-65,67,71-72H,4-6,8-9,11-15,22-24,30-31,34,36-40,42-43,45-57H2,1-3H3,(H,73,74)/b10-7-,19-16-,20-17-,21-18-,28-25-,29-26-,32-27-,35-33-,44-41-. The summed E-state index contributed by atoms with van der Waals surface area (Å²) in [6, 6.07) is 0. The lowest BCUT2D eigenvalue weighted by Crippen LogP contribution is -2.61. The van der Waals surface area contributed by atoms with E-state index in [0.717, 1.165) is 135 Å². The highest BCUT2D eigenvalue weighted by atomic mass is 16.7. The van der Waals surface area contributed by atoms with Crippen molar-refractivity contribution < 1.29 is 58.2 Å². The number of aliphatic hydroxyl groups excluding tert-OH is 2. The van der Waals surface area contributed by atoms with Gasteiger partial charge in [-0.15, -0.1) is 0 Å². The molecule has 0 spiro atoms. The van der Waals surface area contributed by atoms with E-state index in [2.05, 4.69) is 124 Å². The minimum Gasteiger partial charge on any atom is -0.479 e. The molecule has 0 bridgehead atoms. The van der Waals surface area contributed by atoms with E-state index in [-0.39, 0.29) is 25.9 Å². The number of rotatable bonds is 51. The predicted octanol–water partition coefficient (Wildman–Crippen LogP) is 16.2. The summed E-state index contributed by atoms with van der Waals surface area (Å²) in [4.78, 5) is 51.2. The van der Waals surface area contributed by atoms with E-state index >= 15 is 0 Å². The SMILES string of the molecule is CC/C=C\C/C=C\C/C=C\C/C=C\C/C=C\CCCC(=O)OCC(COC1OC(C(=O)O)C(O)C(O)C1OC(=O)CCCCCCC/C=C\C/C=C\CCCCC)OC(=O)CCCCCCCCC/C=C\C/C=C\CCCCC. The van der Waals surface area contributed by atoms with Crippen molar-refractivity contribution >= 4 is 23.9 Å². The van der Waals surface area contributed by atoms with Crippen LogP contribution in [0.1, 0.15) is 239 Å². The Morgan fingerprint density at radius 2 is 0.810 bits per heavy atom.